The van der Waals surface area contributed by atoms with Crippen molar-refractivity contribution in [3.63, 3.8) is 0 Å². The zero-order chi connectivity index (χ0) is 14.5. The Balaban J connectivity index is 1.84. The monoisotopic (exact) mass is 294 g/mol. The summed E-state index contributed by atoms with van der Waals surface area (Å²) in [5.41, 5.74) is 1.31. The Kier molecular flexibility index (Phi) is 5.88. The van der Waals surface area contributed by atoms with Crippen molar-refractivity contribution in [3.05, 3.63) is 34.9 Å². The van der Waals surface area contributed by atoms with Crippen molar-refractivity contribution in [2.45, 2.75) is 45.7 Å². The first kappa shape index (κ1) is 15.8. The van der Waals surface area contributed by atoms with Gasteiger partial charge < -0.3 is 10.2 Å². The van der Waals surface area contributed by atoms with Crippen molar-refractivity contribution in [2.24, 2.45) is 5.92 Å². The summed E-state index contributed by atoms with van der Waals surface area (Å²) in [6.07, 6.45) is 2.63. The molecule has 2 rings (SSSR count). The van der Waals surface area contributed by atoms with E-state index >= 15 is 0 Å². The van der Waals surface area contributed by atoms with E-state index in [1.807, 2.05) is 12.1 Å². The Morgan fingerprint density at radius 3 is 2.35 bits per heavy atom. The van der Waals surface area contributed by atoms with Gasteiger partial charge in [-0.2, -0.15) is 0 Å². The van der Waals surface area contributed by atoms with Crippen molar-refractivity contribution >= 4 is 11.6 Å². The molecule has 0 bridgehead atoms. The number of likely N-dealkylation sites (tertiary alicyclic amines) is 1. The average molecular weight is 295 g/mol. The van der Waals surface area contributed by atoms with Crippen molar-refractivity contribution in [1.82, 2.24) is 10.2 Å². The second-order valence-electron chi connectivity index (χ2n) is 6.00. The van der Waals surface area contributed by atoms with Gasteiger partial charge in [-0.15, -0.1) is 0 Å². The van der Waals surface area contributed by atoms with E-state index in [1.165, 1.54) is 38.0 Å². The minimum Gasteiger partial charge on any atom is -0.307 e. The lowest BCUT2D eigenvalue weighted by atomic mass is 9.89. The van der Waals surface area contributed by atoms with Gasteiger partial charge in [-0.3, -0.25) is 0 Å². The molecule has 0 aliphatic carbocycles. The first-order valence-corrected chi connectivity index (χ1v) is 8.21. The van der Waals surface area contributed by atoms with Crippen molar-refractivity contribution in [3.8, 4) is 0 Å². The van der Waals surface area contributed by atoms with Crippen LogP contribution in [0.25, 0.3) is 0 Å². The van der Waals surface area contributed by atoms with Crippen LogP contribution >= 0.6 is 11.6 Å². The predicted octanol–water partition coefficient (Wildman–Crippen LogP) is 4.11. The van der Waals surface area contributed by atoms with Gasteiger partial charge in [-0.1, -0.05) is 30.7 Å². The molecule has 2 nitrogen and oxygen atoms in total. The largest absolute Gasteiger partial charge is 0.307 e. The molecule has 0 saturated carbocycles. The second-order valence-corrected chi connectivity index (χ2v) is 6.44. The molecular formula is C17H27ClN2. The van der Waals surface area contributed by atoms with Crippen LogP contribution < -0.4 is 5.32 Å². The number of piperidine rings is 1. The smallest absolute Gasteiger partial charge is 0.0406 e. The maximum absolute atomic E-state index is 5.95. The zero-order valence-corrected chi connectivity index (χ0v) is 13.7. The van der Waals surface area contributed by atoms with Crippen LogP contribution in [0, 0.1) is 5.92 Å². The molecule has 1 saturated heterocycles. The van der Waals surface area contributed by atoms with Gasteiger partial charge in [-0.25, -0.2) is 0 Å². The Morgan fingerprint density at radius 1 is 1.20 bits per heavy atom. The molecular weight excluding hydrogens is 268 g/mol. The SMILES string of the molecule is CCN1CCC(C(C)NC(C)c2ccc(Cl)cc2)CC1. The number of benzene rings is 1. The molecule has 0 amide bonds. The van der Waals surface area contributed by atoms with Crippen LogP contribution in [0.2, 0.25) is 5.02 Å². The van der Waals surface area contributed by atoms with Crippen molar-refractivity contribution < 1.29 is 0 Å². The van der Waals surface area contributed by atoms with Crippen LogP contribution in [0.3, 0.4) is 0 Å². The van der Waals surface area contributed by atoms with Crippen molar-refractivity contribution in [1.29, 1.82) is 0 Å². The van der Waals surface area contributed by atoms with Crippen LogP contribution in [0.4, 0.5) is 0 Å². The molecule has 20 heavy (non-hydrogen) atoms. The quantitative estimate of drug-likeness (QED) is 0.879. The molecule has 112 valence electrons. The fourth-order valence-corrected chi connectivity index (χ4v) is 3.27. The van der Waals surface area contributed by atoms with E-state index < -0.39 is 0 Å². The fraction of sp³-hybridized carbons (Fsp3) is 0.647. The molecule has 0 aromatic heterocycles. The third-order valence-electron chi connectivity index (χ3n) is 4.67. The summed E-state index contributed by atoms with van der Waals surface area (Å²) in [7, 11) is 0. The summed E-state index contributed by atoms with van der Waals surface area (Å²) in [6.45, 7) is 10.5. The standard InChI is InChI=1S/C17H27ClN2/c1-4-20-11-9-16(10-12-20)14(3)19-13(2)15-5-7-17(18)8-6-15/h5-8,13-14,16,19H,4,9-12H2,1-3H3. The highest BCUT2D eigenvalue weighted by atomic mass is 35.5. The average Bonchev–Trinajstić information content (AvgIpc) is 2.48. The van der Waals surface area contributed by atoms with E-state index in [9.17, 15) is 0 Å². The molecule has 1 fully saturated rings. The van der Waals surface area contributed by atoms with Gasteiger partial charge in [0.25, 0.3) is 0 Å². The molecule has 0 spiro atoms. The highest BCUT2D eigenvalue weighted by Gasteiger charge is 2.24. The van der Waals surface area contributed by atoms with Crippen LogP contribution in [-0.2, 0) is 0 Å². The molecule has 1 aliphatic heterocycles. The molecule has 2 atom stereocenters. The minimum atomic E-state index is 0.381. The third kappa shape index (κ3) is 4.21. The first-order valence-electron chi connectivity index (χ1n) is 7.84. The van der Waals surface area contributed by atoms with Crippen LogP contribution in [0.1, 0.15) is 45.2 Å². The van der Waals surface area contributed by atoms with Gasteiger partial charge in [0.1, 0.15) is 0 Å². The molecule has 1 aromatic carbocycles. The topological polar surface area (TPSA) is 15.3 Å². The number of halogens is 1. The number of hydrogen-bond donors (Lipinski definition) is 1. The third-order valence-corrected chi connectivity index (χ3v) is 4.92. The number of rotatable bonds is 5. The Morgan fingerprint density at radius 2 is 1.80 bits per heavy atom. The lowest BCUT2D eigenvalue weighted by Crippen LogP contribution is -2.42. The van der Waals surface area contributed by atoms with E-state index in [-0.39, 0.29) is 0 Å². The lowest BCUT2D eigenvalue weighted by Gasteiger charge is -2.35. The van der Waals surface area contributed by atoms with E-state index in [4.69, 9.17) is 11.6 Å². The summed E-state index contributed by atoms with van der Waals surface area (Å²) < 4.78 is 0. The predicted molar refractivity (Wildman–Crippen MR) is 87.3 cm³/mol. The minimum absolute atomic E-state index is 0.381. The molecule has 1 aliphatic rings. The van der Waals surface area contributed by atoms with Crippen LogP contribution in [0.5, 0.6) is 0 Å². The van der Waals surface area contributed by atoms with Crippen molar-refractivity contribution in [2.75, 3.05) is 19.6 Å². The van der Waals surface area contributed by atoms with E-state index in [1.54, 1.807) is 0 Å². The highest BCUT2D eigenvalue weighted by Crippen LogP contribution is 2.23. The Bertz CT molecular complexity index is 396. The number of nitrogens with zero attached hydrogens (tertiary/aromatic N) is 1. The van der Waals surface area contributed by atoms with E-state index in [0.717, 1.165) is 10.9 Å². The van der Waals surface area contributed by atoms with Gasteiger partial charge in [0.05, 0.1) is 0 Å². The van der Waals surface area contributed by atoms with E-state index in [2.05, 4.69) is 43.1 Å². The van der Waals surface area contributed by atoms with Gasteiger partial charge >= 0.3 is 0 Å². The summed E-state index contributed by atoms with van der Waals surface area (Å²) in [5, 5.41) is 4.56. The zero-order valence-electron chi connectivity index (χ0n) is 12.9. The van der Waals surface area contributed by atoms with Crippen LogP contribution in [0.15, 0.2) is 24.3 Å². The summed E-state index contributed by atoms with van der Waals surface area (Å²) in [5.74, 6) is 0.799. The Hall–Kier alpha value is -0.570. The van der Waals surface area contributed by atoms with Gasteiger partial charge in [0.2, 0.25) is 0 Å². The maximum atomic E-state index is 5.95. The molecule has 1 N–H and O–H groups in total. The van der Waals surface area contributed by atoms with Gasteiger partial charge in [-0.05, 0) is 69.9 Å². The first-order chi connectivity index (χ1) is 9.60. The maximum Gasteiger partial charge on any atom is 0.0406 e. The normalized spacial score (nSPS) is 20.8. The van der Waals surface area contributed by atoms with Gasteiger partial charge in [0.15, 0.2) is 0 Å². The number of hydrogen-bond acceptors (Lipinski definition) is 2. The number of nitrogens with one attached hydrogen (secondary N) is 1. The fourth-order valence-electron chi connectivity index (χ4n) is 3.15. The van der Waals surface area contributed by atoms with Crippen LogP contribution in [-0.4, -0.2) is 30.6 Å². The molecule has 1 heterocycles. The summed E-state index contributed by atoms with van der Waals surface area (Å²) in [4.78, 5) is 2.55. The Labute approximate surface area is 128 Å². The molecule has 1 aromatic rings. The summed E-state index contributed by atoms with van der Waals surface area (Å²) in [6, 6.07) is 9.13. The lowest BCUT2D eigenvalue weighted by molar-refractivity contribution is 0.165. The summed E-state index contributed by atoms with van der Waals surface area (Å²) >= 11 is 5.95. The molecule has 2 unspecified atom stereocenters. The molecule has 0 radical (unpaired) electrons. The van der Waals surface area contributed by atoms with Gasteiger partial charge in [0, 0.05) is 17.1 Å². The highest BCUT2D eigenvalue weighted by molar-refractivity contribution is 6.30. The second kappa shape index (κ2) is 7.44. The molecule has 3 heteroatoms. The van der Waals surface area contributed by atoms with E-state index in [0.29, 0.717) is 12.1 Å².